The number of fused-ring (bicyclic) bond motifs is 1. The third-order valence-electron chi connectivity index (χ3n) is 4.11. The molecule has 0 bridgehead atoms. The maximum atomic E-state index is 6.43. The van der Waals surface area contributed by atoms with Crippen LogP contribution in [0.15, 0.2) is 17.8 Å². The highest BCUT2D eigenvalue weighted by atomic mass is 32.1. The second kappa shape index (κ2) is 5.63. The molecule has 2 unspecified atom stereocenters. The maximum Gasteiger partial charge on any atom is 0.147 e. The Kier molecular flexibility index (Phi) is 3.87. The number of nitrogens with two attached hydrogens (primary N) is 1. The topological polar surface area (TPSA) is 60.0 Å². The Balaban J connectivity index is 1.89. The number of aromatic nitrogens is 3. The lowest BCUT2D eigenvalue weighted by Gasteiger charge is -2.37. The molecule has 2 atom stereocenters. The quantitative estimate of drug-likeness (QED) is 0.935. The molecule has 2 aromatic rings. The molecule has 0 saturated heterocycles. The van der Waals surface area contributed by atoms with Crippen LogP contribution in [-0.4, -0.2) is 32.3 Å². The lowest BCUT2D eigenvalue weighted by molar-refractivity contribution is 0.132. The third-order valence-corrected chi connectivity index (χ3v) is 5.20. The summed E-state index contributed by atoms with van der Waals surface area (Å²) in [6.45, 7) is 7.11. The molecule has 0 amide bonds. The van der Waals surface area contributed by atoms with E-state index in [1.165, 1.54) is 10.4 Å². The Morgan fingerprint density at radius 3 is 3.00 bits per heavy atom. The van der Waals surface area contributed by atoms with Crippen LogP contribution in [0.4, 0.5) is 0 Å². The average Bonchev–Trinajstić information content (AvgIpc) is 3.08. The summed E-state index contributed by atoms with van der Waals surface area (Å²) in [6, 6.07) is 2.62. The molecule has 0 saturated carbocycles. The third kappa shape index (κ3) is 2.39. The molecule has 0 aromatic carbocycles. The lowest BCUT2D eigenvalue weighted by atomic mass is 10.00. The van der Waals surface area contributed by atoms with Gasteiger partial charge in [0.25, 0.3) is 0 Å². The lowest BCUT2D eigenvalue weighted by Crippen LogP contribution is -2.44. The number of hydrogen-bond donors (Lipinski definition) is 1. The Morgan fingerprint density at radius 2 is 2.30 bits per heavy atom. The molecule has 0 aliphatic carbocycles. The molecule has 108 valence electrons. The summed E-state index contributed by atoms with van der Waals surface area (Å²) in [5.74, 6) is 1.04. The Morgan fingerprint density at radius 1 is 1.45 bits per heavy atom. The molecule has 5 nitrogen and oxygen atoms in total. The number of nitrogens with zero attached hydrogens (tertiary/aromatic N) is 4. The fourth-order valence-electron chi connectivity index (χ4n) is 2.86. The van der Waals surface area contributed by atoms with Gasteiger partial charge in [0.2, 0.25) is 0 Å². The average molecular weight is 291 g/mol. The molecule has 1 aliphatic heterocycles. The van der Waals surface area contributed by atoms with E-state index in [1.807, 2.05) is 17.7 Å². The van der Waals surface area contributed by atoms with E-state index in [0.717, 1.165) is 31.9 Å². The van der Waals surface area contributed by atoms with Crippen LogP contribution in [0.5, 0.6) is 0 Å². The number of hydrogen-bond acceptors (Lipinski definition) is 5. The molecule has 6 heteroatoms. The van der Waals surface area contributed by atoms with Gasteiger partial charge in [0.15, 0.2) is 0 Å². The van der Waals surface area contributed by atoms with Gasteiger partial charge < -0.3 is 10.3 Å². The van der Waals surface area contributed by atoms with Gasteiger partial charge in [0.1, 0.15) is 12.2 Å². The summed E-state index contributed by atoms with van der Waals surface area (Å²) in [6.07, 6.45) is 2.79. The number of rotatable bonds is 4. The van der Waals surface area contributed by atoms with Crippen LogP contribution in [0, 0.1) is 6.92 Å². The van der Waals surface area contributed by atoms with Crippen LogP contribution in [0.2, 0.25) is 0 Å². The van der Waals surface area contributed by atoms with Gasteiger partial charge >= 0.3 is 0 Å². The van der Waals surface area contributed by atoms with E-state index in [-0.39, 0.29) is 12.1 Å². The van der Waals surface area contributed by atoms with E-state index in [9.17, 15) is 0 Å². The van der Waals surface area contributed by atoms with Crippen LogP contribution in [0.25, 0.3) is 0 Å². The largest absolute Gasteiger partial charge is 0.326 e. The van der Waals surface area contributed by atoms with E-state index in [1.54, 1.807) is 0 Å². The standard InChI is InChI=1S/C14H21N5S/c1-3-11(15)13(14-10(2)4-7-20-14)18-5-6-19-9-16-17-12(19)8-18/h4,7,9,11,13H,3,5-6,8,15H2,1-2H3. The highest BCUT2D eigenvalue weighted by molar-refractivity contribution is 7.10. The first kappa shape index (κ1) is 13.7. The molecule has 3 rings (SSSR count). The predicted octanol–water partition coefficient (Wildman–Crippen LogP) is 1.94. The second-order valence-corrected chi connectivity index (χ2v) is 6.34. The summed E-state index contributed by atoms with van der Waals surface area (Å²) < 4.78 is 2.13. The van der Waals surface area contributed by atoms with Gasteiger partial charge in [-0.15, -0.1) is 21.5 Å². The first-order valence-electron chi connectivity index (χ1n) is 7.11. The Labute approximate surface area is 123 Å². The van der Waals surface area contributed by atoms with Crippen LogP contribution >= 0.6 is 11.3 Å². The normalized spacial score (nSPS) is 18.8. The number of thiophene rings is 1. The van der Waals surface area contributed by atoms with Gasteiger partial charge in [-0.05, 0) is 30.4 Å². The van der Waals surface area contributed by atoms with Crippen molar-refractivity contribution in [3.05, 3.63) is 34.0 Å². The summed E-state index contributed by atoms with van der Waals surface area (Å²) in [4.78, 5) is 3.85. The number of aryl methyl sites for hydroxylation is 1. The van der Waals surface area contributed by atoms with Gasteiger partial charge in [0.05, 0.1) is 12.6 Å². The SMILES string of the molecule is CCC(N)C(c1sccc1C)N1CCn2cnnc2C1. The highest BCUT2D eigenvalue weighted by Gasteiger charge is 2.31. The van der Waals surface area contributed by atoms with Crippen molar-refractivity contribution in [1.82, 2.24) is 19.7 Å². The van der Waals surface area contributed by atoms with Crippen LogP contribution < -0.4 is 5.73 Å². The minimum atomic E-state index is 0.154. The van der Waals surface area contributed by atoms with Gasteiger partial charge in [0, 0.05) is 24.0 Å². The zero-order valence-electron chi connectivity index (χ0n) is 12.0. The summed E-state index contributed by atoms with van der Waals surface area (Å²) in [7, 11) is 0. The van der Waals surface area contributed by atoms with Gasteiger partial charge in [-0.2, -0.15) is 0 Å². The summed E-state index contributed by atoms with van der Waals surface area (Å²) >= 11 is 1.81. The van der Waals surface area contributed by atoms with E-state index >= 15 is 0 Å². The molecule has 3 heterocycles. The van der Waals surface area contributed by atoms with Crippen molar-refractivity contribution in [2.75, 3.05) is 6.54 Å². The molecule has 2 aromatic heterocycles. The highest BCUT2D eigenvalue weighted by Crippen LogP contribution is 2.33. The van der Waals surface area contributed by atoms with Crippen molar-refractivity contribution < 1.29 is 0 Å². The molecule has 0 spiro atoms. The van der Waals surface area contributed by atoms with E-state index < -0.39 is 0 Å². The molecule has 1 aliphatic rings. The fourth-order valence-corrected chi connectivity index (χ4v) is 4.00. The van der Waals surface area contributed by atoms with Gasteiger partial charge in [-0.3, -0.25) is 4.90 Å². The molecule has 20 heavy (non-hydrogen) atoms. The predicted molar refractivity (Wildman–Crippen MR) is 80.5 cm³/mol. The molecule has 0 radical (unpaired) electrons. The van der Waals surface area contributed by atoms with Crippen molar-refractivity contribution in [3.63, 3.8) is 0 Å². The Bertz CT molecular complexity index is 576. The van der Waals surface area contributed by atoms with Gasteiger partial charge in [-0.1, -0.05) is 6.92 Å². The van der Waals surface area contributed by atoms with Crippen molar-refractivity contribution in [3.8, 4) is 0 Å². The zero-order valence-corrected chi connectivity index (χ0v) is 12.8. The van der Waals surface area contributed by atoms with E-state index in [4.69, 9.17) is 5.73 Å². The van der Waals surface area contributed by atoms with Crippen LogP contribution in [-0.2, 0) is 13.1 Å². The fraction of sp³-hybridized carbons (Fsp3) is 0.571. The van der Waals surface area contributed by atoms with Crippen molar-refractivity contribution in [1.29, 1.82) is 0 Å². The molecular formula is C14H21N5S. The summed E-state index contributed by atoms with van der Waals surface area (Å²) in [5, 5.41) is 10.4. The van der Waals surface area contributed by atoms with Gasteiger partial charge in [-0.25, -0.2) is 0 Å². The Hall–Kier alpha value is -1.24. The van der Waals surface area contributed by atoms with Crippen molar-refractivity contribution in [2.24, 2.45) is 5.73 Å². The first-order chi connectivity index (χ1) is 9.70. The van der Waals surface area contributed by atoms with Crippen molar-refractivity contribution >= 4 is 11.3 Å². The monoisotopic (exact) mass is 291 g/mol. The summed E-state index contributed by atoms with van der Waals surface area (Å²) in [5.41, 5.74) is 7.77. The first-order valence-corrected chi connectivity index (χ1v) is 7.99. The van der Waals surface area contributed by atoms with Crippen LogP contribution in [0.1, 0.15) is 35.7 Å². The minimum Gasteiger partial charge on any atom is -0.326 e. The van der Waals surface area contributed by atoms with E-state index in [0.29, 0.717) is 0 Å². The molecule has 2 N–H and O–H groups in total. The molecular weight excluding hydrogens is 270 g/mol. The molecule has 0 fully saturated rings. The van der Waals surface area contributed by atoms with Crippen LogP contribution in [0.3, 0.4) is 0 Å². The maximum absolute atomic E-state index is 6.43. The minimum absolute atomic E-state index is 0.154. The second-order valence-electron chi connectivity index (χ2n) is 5.40. The van der Waals surface area contributed by atoms with Crippen molar-refractivity contribution in [2.45, 2.75) is 45.4 Å². The smallest absolute Gasteiger partial charge is 0.147 e. The van der Waals surface area contributed by atoms with E-state index in [2.05, 4.69) is 45.0 Å². The zero-order chi connectivity index (χ0) is 14.1.